The highest BCUT2D eigenvalue weighted by atomic mass is 16.1. The minimum absolute atomic E-state index is 0.0935. The molecule has 1 fully saturated rings. The van der Waals surface area contributed by atoms with E-state index in [1.54, 1.807) is 0 Å². The van der Waals surface area contributed by atoms with E-state index in [0.29, 0.717) is 19.0 Å². The number of hydrogen-bond donors (Lipinski definition) is 2. The van der Waals surface area contributed by atoms with Gasteiger partial charge in [-0.25, -0.2) is 0 Å². The Morgan fingerprint density at radius 2 is 2.44 bits per heavy atom. The van der Waals surface area contributed by atoms with Crippen LogP contribution in [0, 0.1) is 0 Å². The van der Waals surface area contributed by atoms with Crippen molar-refractivity contribution in [2.75, 3.05) is 33.2 Å². The maximum Gasteiger partial charge on any atom is 0.221 e. The number of carbonyl (C=O) groups excluding carboxylic acids is 1. The molecule has 0 aromatic heterocycles. The molecule has 1 rings (SSSR count). The van der Waals surface area contributed by atoms with Crippen LogP contribution in [0.3, 0.4) is 0 Å². The Morgan fingerprint density at radius 3 is 3.11 bits per heavy atom. The van der Waals surface area contributed by atoms with Crippen LogP contribution in [0.25, 0.3) is 0 Å². The topological polar surface area (TPSA) is 56.7 Å². The Labute approximate surface area is 110 Å². The van der Waals surface area contributed by atoms with Crippen molar-refractivity contribution in [3.05, 3.63) is 0 Å². The normalized spacial score (nSPS) is 20.0. The highest BCUT2D eigenvalue weighted by Crippen LogP contribution is 2.06. The van der Waals surface area contributed by atoms with Crippen LogP contribution in [-0.4, -0.2) is 56.4 Å². The molecule has 2 N–H and O–H groups in total. The minimum Gasteiger partial charge on any atom is -0.362 e. The molecule has 1 saturated heterocycles. The van der Waals surface area contributed by atoms with E-state index >= 15 is 0 Å². The maximum atomic E-state index is 11.3. The number of nitrogens with one attached hydrogen (secondary N) is 2. The molecule has 5 heteroatoms. The molecule has 0 saturated carbocycles. The second kappa shape index (κ2) is 8.91. The number of hydrogen-bond acceptors (Lipinski definition) is 3. The highest BCUT2D eigenvalue weighted by Gasteiger charge is 2.15. The third-order valence-corrected chi connectivity index (χ3v) is 3.15. The Bertz CT molecular complexity index is 262. The van der Waals surface area contributed by atoms with E-state index in [1.807, 2.05) is 13.3 Å². The molecule has 1 aliphatic heterocycles. The standard InChI is InChI=1S/C13H26N4O/c1-3-7-16-13(18)6-9-15-11-17(2)12-5-4-8-14-10-12/h11-12,14H,3-10H2,1-2H3,(H,16,18). The van der Waals surface area contributed by atoms with Gasteiger partial charge in [-0.15, -0.1) is 0 Å². The molecule has 1 heterocycles. The van der Waals surface area contributed by atoms with E-state index < -0.39 is 0 Å². The van der Waals surface area contributed by atoms with Crippen LogP contribution in [0.2, 0.25) is 0 Å². The average molecular weight is 254 g/mol. The first-order valence-electron chi connectivity index (χ1n) is 6.93. The zero-order valence-electron chi connectivity index (χ0n) is 11.6. The summed E-state index contributed by atoms with van der Waals surface area (Å²) >= 11 is 0. The van der Waals surface area contributed by atoms with Gasteiger partial charge in [-0.1, -0.05) is 6.92 Å². The molecule has 0 aliphatic carbocycles. The van der Waals surface area contributed by atoms with Crippen LogP contribution in [0.15, 0.2) is 4.99 Å². The monoisotopic (exact) mass is 254 g/mol. The van der Waals surface area contributed by atoms with Crippen LogP contribution < -0.4 is 10.6 Å². The third-order valence-electron chi connectivity index (χ3n) is 3.15. The van der Waals surface area contributed by atoms with Crippen molar-refractivity contribution in [1.82, 2.24) is 15.5 Å². The molecular formula is C13H26N4O. The van der Waals surface area contributed by atoms with Gasteiger partial charge in [-0.2, -0.15) is 0 Å². The second-order valence-corrected chi connectivity index (χ2v) is 4.79. The van der Waals surface area contributed by atoms with Crippen LogP contribution in [0.1, 0.15) is 32.6 Å². The van der Waals surface area contributed by atoms with Crippen molar-refractivity contribution in [1.29, 1.82) is 0 Å². The third kappa shape index (κ3) is 6.00. The van der Waals surface area contributed by atoms with Crippen molar-refractivity contribution < 1.29 is 4.79 Å². The van der Waals surface area contributed by atoms with E-state index in [9.17, 15) is 4.79 Å². The zero-order chi connectivity index (χ0) is 13.2. The van der Waals surface area contributed by atoms with Crippen molar-refractivity contribution in [3.63, 3.8) is 0 Å². The van der Waals surface area contributed by atoms with Gasteiger partial charge in [-0.3, -0.25) is 9.79 Å². The van der Waals surface area contributed by atoms with Gasteiger partial charge in [0.1, 0.15) is 0 Å². The van der Waals surface area contributed by atoms with Crippen LogP contribution >= 0.6 is 0 Å². The highest BCUT2D eigenvalue weighted by molar-refractivity contribution is 5.76. The Balaban J connectivity index is 2.13. The van der Waals surface area contributed by atoms with E-state index in [1.165, 1.54) is 12.8 Å². The number of carbonyl (C=O) groups is 1. The molecule has 0 radical (unpaired) electrons. The largest absolute Gasteiger partial charge is 0.362 e. The number of nitrogens with zero attached hydrogens (tertiary/aromatic N) is 2. The van der Waals surface area contributed by atoms with Gasteiger partial charge < -0.3 is 15.5 Å². The van der Waals surface area contributed by atoms with Gasteiger partial charge in [0.2, 0.25) is 5.91 Å². The lowest BCUT2D eigenvalue weighted by atomic mass is 10.1. The molecular weight excluding hydrogens is 228 g/mol. The quantitative estimate of drug-likeness (QED) is 0.517. The molecule has 0 aromatic carbocycles. The molecule has 104 valence electrons. The summed E-state index contributed by atoms with van der Waals surface area (Å²) in [7, 11) is 2.05. The summed E-state index contributed by atoms with van der Waals surface area (Å²) in [6, 6.07) is 0.538. The SMILES string of the molecule is CCCNC(=O)CCN=CN(C)C1CCCNC1. The first-order valence-corrected chi connectivity index (χ1v) is 6.93. The number of likely N-dealkylation sites (N-methyl/N-ethyl adjacent to an activating group) is 1. The van der Waals surface area contributed by atoms with Gasteiger partial charge >= 0.3 is 0 Å². The van der Waals surface area contributed by atoms with Gasteiger partial charge in [-0.05, 0) is 25.8 Å². The predicted octanol–water partition coefficient (Wildman–Crippen LogP) is 0.615. The van der Waals surface area contributed by atoms with Crippen LogP contribution in [-0.2, 0) is 4.79 Å². The van der Waals surface area contributed by atoms with E-state index in [-0.39, 0.29) is 5.91 Å². The second-order valence-electron chi connectivity index (χ2n) is 4.79. The molecule has 1 atom stereocenters. The van der Waals surface area contributed by atoms with Gasteiger partial charge in [0.25, 0.3) is 0 Å². The van der Waals surface area contributed by atoms with Crippen molar-refractivity contribution >= 4 is 12.2 Å². The number of amides is 1. The summed E-state index contributed by atoms with van der Waals surface area (Å²) in [6.45, 7) is 5.53. The van der Waals surface area contributed by atoms with E-state index in [0.717, 1.165) is 26.1 Å². The Kier molecular flexibility index (Phi) is 7.41. The summed E-state index contributed by atoms with van der Waals surface area (Å²) in [5.41, 5.74) is 0. The summed E-state index contributed by atoms with van der Waals surface area (Å²) in [5, 5.41) is 6.23. The summed E-state index contributed by atoms with van der Waals surface area (Å²) in [4.78, 5) is 17.8. The predicted molar refractivity (Wildman–Crippen MR) is 74.9 cm³/mol. The first kappa shape index (κ1) is 15.0. The maximum absolute atomic E-state index is 11.3. The average Bonchev–Trinajstić information content (AvgIpc) is 2.42. The fourth-order valence-electron chi connectivity index (χ4n) is 1.98. The fraction of sp³-hybridized carbons (Fsp3) is 0.846. The van der Waals surface area contributed by atoms with Gasteiger partial charge in [0.15, 0.2) is 0 Å². The number of aliphatic imine (C=N–C) groups is 1. The molecule has 1 amide bonds. The number of rotatable bonds is 7. The molecule has 1 unspecified atom stereocenters. The Hall–Kier alpha value is -1.10. The lowest BCUT2D eigenvalue weighted by Gasteiger charge is -2.30. The summed E-state index contributed by atoms with van der Waals surface area (Å²) < 4.78 is 0. The van der Waals surface area contributed by atoms with Crippen molar-refractivity contribution in [2.45, 2.75) is 38.6 Å². The van der Waals surface area contributed by atoms with Crippen molar-refractivity contribution in [2.24, 2.45) is 4.99 Å². The summed E-state index contributed by atoms with van der Waals surface area (Å²) in [6.07, 6.45) is 5.76. The lowest BCUT2D eigenvalue weighted by Crippen LogP contribution is -2.43. The summed E-state index contributed by atoms with van der Waals surface area (Å²) in [5.74, 6) is 0.0935. The minimum atomic E-state index is 0.0935. The molecule has 18 heavy (non-hydrogen) atoms. The zero-order valence-corrected chi connectivity index (χ0v) is 11.6. The molecule has 0 bridgehead atoms. The van der Waals surface area contributed by atoms with Crippen LogP contribution in [0.4, 0.5) is 0 Å². The smallest absolute Gasteiger partial charge is 0.221 e. The number of piperidine rings is 1. The molecule has 0 spiro atoms. The van der Waals surface area contributed by atoms with Gasteiger partial charge in [0, 0.05) is 39.1 Å². The fourth-order valence-corrected chi connectivity index (χ4v) is 1.98. The Morgan fingerprint density at radius 1 is 1.61 bits per heavy atom. The lowest BCUT2D eigenvalue weighted by molar-refractivity contribution is -0.120. The first-order chi connectivity index (χ1) is 8.74. The molecule has 5 nitrogen and oxygen atoms in total. The van der Waals surface area contributed by atoms with E-state index in [2.05, 4.69) is 27.6 Å². The van der Waals surface area contributed by atoms with E-state index in [4.69, 9.17) is 0 Å². The molecule has 1 aliphatic rings. The van der Waals surface area contributed by atoms with Crippen LogP contribution in [0.5, 0.6) is 0 Å². The van der Waals surface area contributed by atoms with Crippen molar-refractivity contribution in [3.8, 4) is 0 Å². The van der Waals surface area contributed by atoms with Gasteiger partial charge in [0.05, 0.1) is 6.34 Å². The molecule has 0 aromatic rings.